The molecule has 0 N–H and O–H groups in total. The first-order chi connectivity index (χ1) is 14.0. The lowest BCUT2D eigenvalue weighted by Crippen LogP contribution is -2.09. The number of carbonyl (C=O) groups excluding carboxylic acids is 1. The normalized spacial score (nSPS) is 10.9. The van der Waals surface area contributed by atoms with Gasteiger partial charge in [0.25, 0.3) is 0 Å². The van der Waals surface area contributed by atoms with Gasteiger partial charge in [0.15, 0.2) is 5.69 Å². The van der Waals surface area contributed by atoms with E-state index in [2.05, 4.69) is 15.3 Å². The standard InChI is InChI=1S/C21H17FN4O3/c1-13-19(24-25-26(13)17-10-8-16(22)9-11-17)21(27)28-12-18-14(2)29-20(23-18)15-6-4-3-5-7-15/h3-11H,12H2,1-2H3. The number of carbonyl (C=O) groups is 1. The number of rotatable bonds is 5. The molecule has 0 fully saturated rings. The maximum atomic E-state index is 13.1. The predicted molar refractivity (Wildman–Crippen MR) is 102 cm³/mol. The van der Waals surface area contributed by atoms with Gasteiger partial charge in [-0.3, -0.25) is 0 Å². The van der Waals surface area contributed by atoms with E-state index in [9.17, 15) is 9.18 Å². The van der Waals surface area contributed by atoms with Gasteiger partial charge in [-0.1, -0.05) is 23.4 Å². The van der Waals surface area contributed by atoms with E-state index in [1.807, 2.05) is 30.3 Å². The van der Waals surface area contributed by atoms with Crippen molar-refractivity contribution in [1.29, 1.82) is 0 Å². The molecule has 8 heteroatoms. The van der Waals surface area contributed by atoms with Gasteiger partial charge in [-0.2, -0.15) is 0 Å². The highest BCUT2D eigenvalue weighted by molar-refractivity contribution is 5.88. The average molecular weight is 392 g/mol. The maximum absolute atomic E-state index is 13.1. The summed E-state index contributed by atoms with van der Waals surface area (Å²) < 4.78 is 25.6. The van der Waals surface area contributed by atoms with E-state index in [0.717, 1.165) is 5.56 Å². The number of esters is 1. The van der Waals surface area contributed by atoms with Crippen molar-refractivity contribution in [3.8, 4) is 17.1 Å². The zero-order valence-corrected chi connectivity index (χ0v) is 15.8. The lowest BCUT2D eigenvalue weighted by molar-refractivity contribution is 0.0459. The SMILES string of the molecule is Cc1oc(-c2ccccc2)nc1COC(=O)c1nnn(-c2ccc(F)cc2)c1C. The lowest BCUT2D eigenvalue weighted by Gasteiger charge is -2.04. The first kappa shape index (κ1) is 18.5. The molecular formula is C21H17FN4O3. The number of hydrogen-bond donors (Lipinski definition) is 0. The summed E-state index contributed by atoms with van der Waals surface area (Å²) in [4.78, 5) is 16.9. The Labute approximate surface area is 165 Å². The van der Waals surface area contributed by atoms with Crippen molar-refractivity contribution in [3.63, 3.8) is 0 Å². The molecule has 0 saturated carbocycles. The number of benzene rings is 2. The minimum Gasteiger partial charge on any atom is -0.454 e. The van der Waals surface area contributed by atoms with Crippen molar-refractivity contribution in [2.24, 2.45) is 0 Å². The van der Waals surface area contributed by atoms with Crippen LogP contribution in [-0.4, -0.2) is 25.9 Å². The first-order valence-electron chi connectivity index (χ1n) is 8.90. The van der Waals surface area contributed by atoms with Gasteiger partial charge in [-0.15, -0.1) is 5.10 Å². The number of nitrogens with zero attached hydrogens (tertiary/aromatic N) is 4. The Morgan fingerprint density at radius 2 is 1.83 bits per heavy atom. The first-order valence-corrected chi connectivity index (χ1v) is 8.90. The fourth-order valence-electron chi connectivity index (χ4n) is 2.81. The molecule has 0 unspecified atom stereocenters. The number of aromatic nitrogens is 4. The summed E-state index contributed by atoms with van der Waals surface area (Å²) in [5, 5.41) is 7.87. The topological polar surface area (TPSA) is 83.0 Å². The summed E-state index contributed by atoms with van der Waals surface area (Å²) in [6.45, 7) is 3.40. The van der Waals surface area contributed by atoms with Crippen LogP contribution < -0.4 is 0 Å². The minimum atomic E-state index is -0.625. The molecule has 2 heterocycles. The second-order valence-electron chi connectivity index (χ2n) is 6.38. The summed E-state index contributed by atoms with van der Waals surface area (Å²) >= 11 is 0. The molecule has 0 spiro atoms. The van der Waals surface area contributed by atoms with Crippen molar-refractivity contribution >= 4 is 5.97 Å². The Kier molecular flexibility index (Phi) is 4.90. The molecule has 4 aromatic rings. The molecule has 0 aliphatic heterocycles. The van der Waals surface area contributed by atoms with Gasteiger partial charge in [-0.05, 0) is 50.2 Å². The van der Waals surface area contributed by atoms with Crippen LogP contribution in [0.15, 0.2) is 59.0 Å². The second kappa shape index (κ2) is 7.67. The number of hydrogen-bond acceptors (Lipinski definition) is 6. The zero-order valence-electron chi connectivity index (χ0n) is 15.8. The molecule has 4 rings (SSSR count). The van der Waals surface area contributed by atoms with E-state index in [1.54, 1.807) is 26.0 Å². The van der Waals surface area contributed by atoms with Gasteiger partial charge >= 0.3 is 5.97 Å². The maximum Gasteiger partial charge on any atom is 0.361 e. The summed E-state index contributed by atoms with van der Waals surface area (Å²) in [6.07, 6.45) is 0. The van der Waals surface area contributed by atoms with Crippen LogP contribution in [0, 0.1) is 19.7 Å². The highest BCUT2D eigenvalue weighted by Gasteiger charge is 2.20. The lowest BCUT2D eigenvalue weighted by atomic mass is 10.2. The smallest absolute Gasteiger partial charge is 0.361 e. The van der Waals surface area contributed by atoms with Crippen molar-refractivity contribution in [2.45, 2.75) is 20.5 Å². The van der Waals surface area contributed by atoms with Crippen LogP contribution in [0.2, 0.25) is 0 Å². The van der Waals surface area contributed by atoms with E-state index < -0.39 is 5.97 Å². The highest BCUT2D eigenvalue weighted by atomic mass is 19.1. The molecule has 2 aromatic carbocycles. The molecule has 0 atom stereocenters. The van der Waals surface area contributed by atoms with Crippen molar-refractivity contribution in [3.05, 3.63) is 83.3 Å². The van der Waals surface area contributed by atoms with Crippen LogP contribution in [0.5, 0.6) is 0 Å². The molecule has 0 amide bonds. The van der Waals surface area contributed by atoms with E-state index in [4.69, 9.17) is 9.15 Å². The van der Waals surface area contributed by atoms with Crippen molar-refractivity contribution in [1.82, 2.24) is 20.0 Å². The molecule has 2 aromatic heterocycles. The zero-order chi connectivity index (χ0) is 20.4. The van der Waals surface area contributed by atoms with Gasteiger partial charge < -0.3 is 9.15 Å². The van der Waals surface area contributed by atoms with Gasteiger partial charge in [0.2, 0.25) is 5.89 Å². The van der Waals surface area contributed by atoms with Crippen LogP contribution >= 0.6 is 0 Å². The molecule has 7 nitrogen and oxygen atoms in total. The number of aryl methyl sites for hydroxylation is 1. The van der Waals surface area contributed by atoms with Crippen LogP contribution in [0.3, 0.4) is 0 Å². The van der Waals surface area contributed by atoms with Crippen LogP contribution in [-0.2, 0) is 11.3 Å². The fraction of sp³-hybridized carbons (Fsp3) is 0.143. The van der Waals surface area contributed by atoms with Crippen LogP contribution in [0.1, 0.15) is 27.6 Å². The third-order valence-electron chi connectivity index (χ3n) is 4.41. The van der Waals surface area contributed by atoms with Crippen LogP contribution in [0.25, 0.3) is 17.1 Å². The van der Waals surface area contributed by atoms with Crippen molar-refractivity contribution < 1.29 is 18.3 Å². The third-order valence-corrected chi connectivity index (χ3v) is 4.41. The molecule has 0 aliphatic carbocycles. The Balaban J connectivity index is 1.48. The highest BCUT2D eigenvalue weighted by Crippen LogP contribution is 2.22. The molecule has 29 heavy (non-hydrogen) atoms. The number of ether oxygens (including phenoxy) is 1. The largest absolute Gasteiger partial charge is 0.454 e. The summed E-state index contributed by atoms with van der Waals surface area (Å²) in [5.41, 5.74) is 2.53. The average Bonchev–Trinajstić information content (AvgIpc) is 3.30. The third kappa shape index (κ3) is 3.77. The Hall–Kier alpha value is -3.81. The fourth-order valence-corrected chi connectivity index (χ4v) is 2.81. The summed E-state index contributed by atoms with van der Waals surface area (Å²) in [7, 11) is 0. The molecule has 0 radical (unpaired) electrons. The Morgan fingerprint density at radius 3 is 2.55 bits per heavy atom. The molecule has 146 valence electrons. The van der Waals surface area contributed by atoms with Crippen molar-refractivity contribution in [2.75, 3.05) is 0 Å². The van der Waals surface area contributed by atoms with Gasteiger partial charge in [-0.25, -0.2) is 18.9 Å². The van der Waals surface area contributed by atoms with Gasteiger partial charge in [0, 0.05) is 5.56 Å². The van der Waals surface area contributed by atoms with E-state index >= 15 is 0 Å². The molecule has 0 bridgehead atoms. The minimum absolute atomic E-state index is 0.0517. The van der Waals surface area contributed by atoms with Crippen LogP contribution in [0.4, 0.5) is 4.39 Å². The number of oxazole rings is 1. The summed E-state index contributed by atoms with van der Waals surface area (Å²) in [5.74, 6) is 0.0550. The monoisotopic (exact) mass is 392 g/mol. The molecule has 0 saturated heterocycles. The molecule has 0 aliphatic rings. The van der Waals surface area contributed by atoms with E-state index in [-0.39, 0.29) is 18.1 Å². The van der Waals surface area contributed by atoms with E-state index in [1.165, 1.54) is 16.8 Å². The van der Waals surface area contributed by atoms with Gasteiger partial charge in [0.1, 0.15) is 23.9 Å². The summed E-state index contributed by atoms with van der Waals surface area (Å²) in [6, 6.07) is 15.2. The quantitative estimate of drug-likeness (QED) is 0.477. The van der Waals surface area contributed by atoms with E-state index in [0.29, 0.717) is 28.7 Å². The number of halogens is 1. The Morgan fingerprint density at radius 1 is 1.10 bits per heavy atom. The molecular weight excluding hydrogens is 375 g/mol. The Bertz CT molecular complexity index is 1150. The predicted octanol–water partition coefficient (Wildman–Crippen LogP) is 4.04. The second-order valence-corrected chi connectivity index (χ2v) is 6.38. The van der Waals surface area contributed by atoms with Gasteiger partial charge in [0.05, 0.1) is 11.4 Å².